The van der Waals surface area contributed by atoms with E-state index < -0.39 is 17.4 Å². The smallest absolute Gasteiger partial charge is 0.187 e. The minimum absolute atomic E-state index is 0.320. The third-order valence-corrected chi connectivity index (χ3v) is 2.55. The van der Waals surface area contributed by atoms with Gasteiger partial charge < -0.3 is 10.8 Å². The van der Waals surface area contributed by atoms with Crippen molar-refractivity contribution in [3.05, 3.63) is 29.3 Å². The quantitative estimate of drug-likeness (QED) is 0.766. The molecular formula is C10H11F2NO. The van der Waals surface area contributed by atoms with Crippen LogP contribution in [0.15, 0.2) is 12.1 Å². The summed E-state index contributed by atoms with van der Waals surface area (Å²) in [7, 11) is 0. The van der Waals surface area contributed by atoms with E-state index in [0.29, 0.717) is 11.5 Å². The molecule has 1 fully saturated rings. The SMILES string of the molecule is N[C@@H](c1cc(F)c(O)c(F)c1)C1CC1. The summed E-state index contributed by atoms with van der Waals surface area (Å²) in [5, 5.41) is 8.88. The molecule has 0 heterocycles. The Balaban J connectivity index is 2.34. The molecule has 1 saturated carbocycles. The van der Waals surface area contributed by atoms with Crippen LogP contribution >= 0.6 is 0 Å². The summed E-state index contributed by atoms with van der Waals surface area (Å²) in [6.45, 7) is 0. The Bertz CT molecular complexity index is 340. The maximum Gasteiger partial charge on any atom is 0.187 e. The fourth-order valence-electron chi connectivity index (χ4n) is 1.51. The third-order valence-electron chi connectivity index (χ3n) is 2.55. The molecule has 0 spiro atoms. The van der Waals surface area contributed by atoms with Crippen molar-refractivity contribution in [2.45, 2.75) is 18.9 Å². The molecular weight excluding hydrogens is 188 g/mol. The molecule has 0 aliphatic heterocycles. The molecule has 1 atom stereocenters. The fourth-order valence-corrected chi connectivity index (χ4v) is 1.51. The van der Waals surface area contributed by atoms with Crippen molar-refractivity contribution in [1.29, 1.82) is 0 Å². The van der Waals surface area contributed by atoms with Crippen molar-refractivity contribution in [3.63, 3.8) is 0 Å². The second-order valence-electron chi connectivity index (χ2n) is 3.70. The lowest BCUT2D eigenvalue weighted by atomic mass is 10.0. The molecule has 2 rings (SSSR count). The maximum absolute atomic E-state index is 12.9. The molecule has 0 unspecified atom stereocenters. The molecule has 1 aromatic carbocycles. The number of hydrogen-bond donors (Lipinski definition) is 2. The van der Waals surface area contributed by atoms with Crippen LogP contribution in [0.4, 0.5) is 8.78 Å². The average molecular weight is 199 g/mol. The van der Waals surface area contributed by atoms with E-state index in [0.717, 1.165) is 25.0 Å². The van der Waals surface area contributed by atoms with Crippen LogP contribution < -0.4 is 5.73 Å². The van der Waals surface area contributed by atoms with Gasteiger partial charge in [0.2, 0.25) is 0 Å². The Morgan fingerprint density at radius 2 is 1.79 bits per heavy atom. The van der Waals surface area contributed by atoms with Crippen LogP contribution in [0, 0.1) is 17.6 Å². The van der Waals surface area contributed by atoms with E-state index in [1.165, 1.54) is 0 Å². The van der Waals surface area contributed by atoms with Gasteiger partial charge in [-0.15, -0.1) is 0 Å². The predicted octanol–water partition coefficient (Wildman–Crippen LogP) is 2.08. The molecule has 0 bridgehead atoms. The Labute approximate surface area is 80.4 Å². The van der Waals surface area contributed by atoms with Gasteiger partial charge in [-0.3, -0.25) is 0 Å². The lowest BCUT2D eigenvalue weighted by molar-refractivity contribution is 0.394. The number of nitrogens with two attached hydrogens (primary N) is 1. The van der Waals surface area contributed by atoms with Crippen LogP contribution in [-0.2, 0) is 0 Å². The highest BCUT2D eigenvalue weighted by atomic mass is 19.1. The Hall–Kier alpha value is -1.16. The summed E-state index contributed by atoms with van der Waals surface area (Å²) >= 11 is 0. The highest BCUT2D eigenvalue weighted by Gasteiger charge is 2.30. The lowest BCUT2D eigenvalue weighted by Gasteiger charge is -2.11. The van der Waals surface area contributed by atoms with E-state index in [1.54, 1.807) is 0 Å². The summed E-state index contributed by atoms with van der Waals surface area (Å²) in [4.78, 5) is 0. The van der Waals surface area contributed by atoms with Crippen LogP contribution in [0.1, 0.15) is 24.4 Å². The van der Waals surface area contributed by atoms with Gasteiger partial charge in [0, 0.05) is 6.04 Å². The molecule has 1 aliphatic rings. The first-order chi connectivity index (χ1) is 6.59. The minimum atomic E-state index is -0.948. The largest absolute Gasteiger partial charge is 0.503 e. The molecule has 0 radical (unpaired) electrons. The number of phenolic OH excluding ortho intramolecular Hbond substituents is 1. The summed E-state index contributed by atoms with van der Waals surface area (Å²) in [5.41, 5.74) is 6.19. The van der Waals surface area contributed by atoms with Gasteiger partial charge in [0.25, 0.3) is 0 Å². The summed E-state index contributed by atoms with van der Waals surface area (Å²) < 4.78 is 25.9. The molecule has 3 N–H and O–H groups in total. The molecule has 2 nitrogen and oxygen atoms in total. The number of halogens is 2. The number of hydrogen-bond acceptors (Lipinski definition) is 2. The van der Waals surface area contributed by atoms with Gasteiger partial charge in [-0.1, -0.05) is 0 Å². The molecule has 0 amide bonds. The first-order valence-corrected chi connectivity index (χ1v) is 4.53. The Kier molecular flexibility index (Phi) is 2.15. The van der Waals surface area contributed by atoms with Crippen LogP contribution in [-0.4, -0.2) is 5.11 Å². The molecule has 0 aromatic heterocycles. The summed E-state index contributed by atoms with van der Waals surface area (Å²) in [5.74, 6) is -2.50. The van der Waals surface area contributed by atoms with Gasteiger partial charge in [-0.2, -0.15) is 0 Å². The van der Waals surface area contributed by atoms with Crippen molar-refractivity contribution in [2.75, 3.05) is 0 Å². The lowest BCUT2D eigenvalue weighted by Crippen LogP contribution is -2.12. The Morgan fingerprint density at radius 1 is 1.29 bits per heavy atom. The standard InChI is InChI=1S/C10H11F2NO/c11-7-3-6(4-8(12)10(7)14)9(13)5-1-2-5/h3-5,9,14H,1-2,13H2/t9-/m1/s1. The minimum Gasteiger partial charge on any atom is -0.503 e. The number of phenols is 1. The molecule has 4 heteroatoms. The monoisotopic (exact) mass is 199 g/mol. The zero-order chi connectivity index (χ0) is 10.3. The van der Waals surface area contributed by atoms with Gasteiger partial charge in [0.1, 0.15) is 0 Å². The zero-order valence-electron chi connectivity index (χ0n) is 7.50. The van der Waals surface area contributed by atoms with Gasteiger partial charge >= 0.3 is 0 Å². The van der Waals surface area contributed by atoms with Gasteiger partial charge in [0.15, 0.2) is 17.4 Å². The Morgan fingerprint density at radius 3 is 2.21 bits per heavy atom. The van der Waals surface area contributed by atoms with Gasteiger partial charge in [0.05, 0.1) is 0 Å². The number of benzene rings is 1. The molecule has 1 aliphatic carbocycles. The molecule has 76 valence electrons. The van der Waals surface area contributed by atoms with Crippen LogP contribution in [0.3, 0.4) is 0 Å². The van der Waals surface area contributed by atoms with Gasteiger partial charge in [-0.25, -0.2) is 8.78 Å². The van der Waals surface area contributed by atoms with Crippen molar-refractivity contribution in [1.82, 2.24) is 0 Å². The molecule has 14 heavy (non-hydrogen) atoms. The zero-order valence-corrected chi connectivity index (χ0v) is 7.50. The molecule has 1 aromatic rings. The summed E-state index contributed by atoms with van der Waals surface area (Å²) in [6, 6.07) is 1.88. The van der Waals surface area contributed by atoms with Crippen molar-refractivity contribution >= 4 is 0 Å². The van der Waals surface area contributed by atoms with E-state index in [1.807, 2.05) is 0 Å². The van der Waals surface area contributed by atoms with E-state index in [2.05, 4.69) is 0 Å². The van der Waals surface area contributed by atoms with Crippen molar-refractivity contribution in [3.8, 4) is 5.75 Å². The predicted molar refractivity (Wildman–Crippen MR) is 47.7 cm³/mol. The number of aromatic hydroxyl groups is 1. The first-order valence-electron chi connectivity index (χ1n) is 4.53. The first kappa shape index (κ1) is 9.40. The molecule has 0 saturated heterocycles. The average Bonchev–Trinajstić information content (AvgIpc) is 2.95. The van der Waals surface area contributed by atoms with E-state index >= 15 is 0 Å². The van der Waals surface area contributed by atoms with E-state index in [4.69, 9.17) is 10.8 Å². The van der Waals surface area contributed by atoms with E-state index in [9.17, 15) is 8.78 Å². The van der Waals surface area contributed by atoms with Crippen molar-refractivity contribution in [2.24, 2.45) is 11.7 Å². The highest BCUT2D eigenvalue weighted by molar-refractivity contribution is 5.32. The topological polar surface area (TPSA) is 46.2 Å². The third kappa shape index (κ3) is 1.57. The van der Waals surface area contributed by atoms with Crippen LogP contribution in [0.5, 0.6) is 5.75 Å². The second-order valence-corrected chi connectivity index (χ2v) is 3.70. The second kappa shape index (κ2) is 3.20. The highest BCUT2D eigenvalue weighted by Crippen LogP contribution is 2.40. The summed E-state index contributed by atoms with van der Waals surface area (Å²) in [6.07, 6.45) is 2.01. The van der Waals surface area contributed by atoms with Crippen LogP contribution in [0.2, 0.25) is 0 Å². The maximum atomic E-state index is 12.9. The fraction of sp³-hybridized carbons (Fsp3) is 0.400. The normalized spacial score (nSPS) is 18.2. The van der Waals surface area contributed by atoms with Crippen LogP contribution in [0.25, 0.3) is 0 Å². The van der Waals surface area contributed by atoms with E-state index in [-0.39, 0.29) is 6.04 Å². The number of rotatable bonds is 2. The van der Waals surface area contributed by atoms with Crippen molar-refractivity contribution < 1.29 is 13.9 Å². The van der Waals surface area contributed by atoms with Gasteiger partial charge in [-0.05, 0) is 36.5 Å².